The topological polar surface area (TPSA) is 54.0 Å². The third kappa shape index (κ3) is 6.53. The maximum atomic E-state index is 13.1. The predicted molar refractivity (Wildman–Crippen MR) is 155 cm³/mol. The molecule has 39 heavy (non-hydrogen) atoms. The highest BCUT2D eigenvalue weighted by Crippen LogP contribution is 2.36. The number of nitrogens with zero attached hydrogens (tertiary/aromatic N) is 2. The summed E-state index contributed by atoms with van der Waals surface area (Å²) in [4.78, 5) is 17.3. The number of anilines is 3. The first-order chi connectivity index (χ1) is 19.0. The van der Waals surface area contributed by atoms with Crippen molar-refractivity contribution in [3.63, 3.8) is 0 Å². The SMILES string of the molecule is CCC1(CC)CC(COc2ccc(N3CCN(c4ccc(C(=O)Nc5ccc(F)cc5)cc4)CC3)cc2)CO1. The Kier molecular flexibility index (Phi) is 8.36. The summed E-state index contributed by atoms with van der Waals surface area (Å²) in [5, 5.41) is 2.80. The lowest BCUT2D eigenvalue weighted by Crippen LogP contribution is -2.46. The summed E-state index contributed by atoms with van der Waals surface area (Å²) in [7, 11) is 0. The lowest BCUT2D eigenvalue weighted by atomic mass is 9.90. The van der Waals surface area contributed by atoms with Crippen molar-refractivity contribution in [1.29, 1.82) is 0 Å². The third-order valence-corrected chi connectivity index (χ3v) is 8.14. The highest BCUT2D eigenvalue weighted by atomic mass is 19.1. The molecule has 206 valence electrons. The van der Waals surface area contributed by atoms with Gasteiger partial charge in [0.2, 0.25) is 0 Å². The molecule has 1 unspecified atom stereocenters. The number of nitrogens with one attached hydrogen (secondary N) is 1. The summed E-state index contributed by atoms with van der Waals surface area (Å²) in [5.74, 6) is 0.822. The van der Waals surface area contributed by atoms with Crippen molar-refractivity contribution in [1.82, 2.24) is 0 Å². The van der Waals surface area contributed by atoms with Crippen molar-refractivity contribution in [2.24, 2.45) is 5.92 Å². The van der Waals surface area contributed by atoms with Crippen molar-refractivity contribution in [3.05, 3.63) is 84.2 Å². The molecule has 1 atom stereocenters. The molecule has 0 aromatic heterocycles. The summed E-state index contributed by atoms with van der Waals surface area (Å²) < 4.78 is 25.3. The van der Waals surface area contributed by atoms with Crippen molar-refractivity contribution >= 4 is 23.0 Å². The smallest absolute Gasteiger partial charge is 0.255 e. The molecule has 7 heteroatoms. The van der Waals surface area contributed by atoms with E-state index in [4.69, 9.17) is 9.47 Å². The maximum absolute atomic E-state index is 13.1. The second kappa shape index (κ2) is 12.1. The van der Waals surface area contributed by atoms with Gasteiger partial charge in [0, 0.05) is 54.7 Å². The van der Waals surface area contributed by atoms with Gasteiger partial charge in [0.1, 0.15) is 11.6 Å². The molecule has 2 fully saturated rings. The Morgan fingerprint density at radius 3 is 2.00 bits per heavy atom. The van der Waals surface area contributed by atoms with Crippen LogP contribution < -0.4 is 19.9 Å². The van der Waals surface area contributed by atoms with Gasteiger partial charge in [-0.25, -0.2) is 4.39 Å². The van der Waals surface area contributed by atoms with Gasteiger partial charge in [-0.15, -0.1) is 0 Å². The minimum atomic E-state index is -0.330. The molecule has 0 radical (unpaired) electrons. The second-order valence-corrected chi connectivity index (χ2v) is 10.6. The molecule has 0 bridgehead atoms. The van der Waals surface area contributed by atoms with Crippen molar-refractivity contribution in [3.8, 4) is 5.75 Å². The minimum absolute atomic E-state index is 0.0435. The van der Waals surface area contributed by atoms with Crippen molar-refractivity contribution < 1.29 is 18.7 Å². The van der Waals surface area contributed by atoms with Gasteiger partial charge in [-0.2, -0.15) is 0 Å². The fraction of sp³-hybridized carbons (Fsp3) is 0.406. The Balaban J connectivity index is 1.08. The molecule has 0 saturated carbocycles. The molecule has 2 saturated heterocycles. The van der Waals surface area contributed by atoms with Gasteiger partial charge < -0.3 is 24.6 Å². The average Bonchev–Trinajstić information content (AvgIpc) is 3.42. The number of piperazine rings is 1. The third-order valence-electron chi connectivity index (χ3n) is 8.14. The van der Waals surface area contributed by atoms with Crippen LogP contribution in [0.25, 0.3) is 0 Å². The van der Waals surface area contributed by atoms with Crippen LogP contribution in [0.3, 0.4) is 0 Å². The quantitative estimate of drug-likeness (QED) is 0.347. The van der Waals surface area contributed by atoms with Gasteiger partial charge in [0.15, 0.2) is 0 Å². The van der Waals surface area contributed by atoms with Gasteiger partial charge in [0.25, 0.3) is 5.91 Å². The van der Waals surface area contributed by atoms with Crippen LogP contribution in [-0.4, -0.2) is 50.9 Å². The predicted octanol–water partition coefficient (Wildman–Crippen LogP) is 6.38. The van der Waals surface area contributed by atoms with Crippen LogP contribution in [0.4, 0.5) is 21.5 Å². The first-order valence-corrected chi connectivity index (χ1v) is 14.0. The van der Waals surface area contributed by atoms with E-state index < -0.39 is 0 Å². The van der Waals surface area contributed by atoms with E-state index in [1.165, 1.54) is 17.8 Å². The van der Waals surface area contributed by atoms with E-state index in [2.05, 4.69) is 53.2 Å². The monoisotopic (exact) mass is 531 g/mol. The van der Waals surface area contributed by atoms with Crippen LogP contribution in [0.2, 0.25) is 0 Å². The molecule has 1 amide bonds. The number of ether oxygens (including phenoxy) is 2. The van der Waals surface area contributed by atoms with Crippen molar-refractivity contribution in [2.75, 3.05) is 54.5 Å². The van der Waals surface area contributed by atoms with Gasteiger partial charge in [0.05, 0.1) is 18.8 Å². The normalized spacial score (nSPS) is 18.7. The van der Waals surface area contributed by atoms with Crippen LogP contribution in [0.15, 0.2) is 72.8 Å². The number of benzene rings is 3. The second-order valence-electron chi connectivity index (χ2n) is 10.6. The van der Waals surface area contributed by atoms with Crippen molar-refractivity contribution in [2.45, 2.75) is 38.7 Å². The average molecular weight is 532 g/mol. The zero-order valence-electron chi connectivity index (χ0n) is 22.9. The number of hydrogen-bond acceptors (Lipinski definition) is 5. The molecule has 0 spiro atoms. The zero-order chi connectivity index (χ0) is 27.2. The summed E-state index contributed by atoms with van der Waals surface area (Å²) in [6.07, 6.45) is 3.20. The molecule has 1 N–H and O–H groups in total. The number of amides is 1. The van der Waals surface area contributed by atoms with E-state index in [0.717, 1.165) is 63.5 Å². The van der Waals surface area contributed by atoms with E-state index in [1.807, 2.05) is 24.3 Å². The molecule has 6 nitrogen and oxygen atoms in total. The molecule has 2 heterocycles. The van der Waals surface area contributed by atoms with E-state index in [-0.39, 0.29) is 17.3 Å². The van der Waals surface area contributed by atoms with Crippen LogP contribution in [0, 0.1) is 11.7 Å². The highest BCUT2D eigenvalue weighted by molar-refractivity contribution is 6.04. The summed E-state index contributed by atoms with van der Waals surface area (Å²) >= 11 is 0. The molecule has 0 aliphatic carbocycles. The Morgan fingerprint density at radius 1 is 0.897 bits per heavy atom. The first-order valence-electron chi connectivity index (χ1n) is 14.0. The number of hydrogen-bond donors (Lipinski definition) is 1. The number of rotatable bonds is 9. The number of carbonyl (C=O) groups excluding carboxylic acids is 1. The molecule has 2 aliphatic rings. The van der Waals surface area contributed by atoms with Crippen LogP contribution in [0.1, 0.15) is 43.5 Å². The molecule has 5 rings (SSSR count). The number of halogens is 1. The van der Waals surface area contributed by atoms with E-state index in [9.17, 15) is 9.18 Å². The van der Waals surface area contributed by atoms with Crippen LogP contribution in [0.5, 0.6) is 5.75 Å². The Bertz CT molecular complexity index is 1220. The fourth-order valence-electron chi connectivity index (χ4n) is 5.54. The fourth-order valence-corrected chi connectivity index (χ4v) is 5.54. The van der Waals surface area contributed by atoms with Gasteiger partial charge >= 0.3 is 0 Å². The zero-order valence-corrected chi connectivity index (χ0v) is 22.9. The van der Waals surface area contributed by atoms with E-state index >= 15 is 0 Å². The molecule has 3 aromatic carbocycles. The van der Waals surface area contributed by atoms with Gasteiger partial charge in [-0.3, -0.25) is 4.79 Å². The standard InChI is InChI=1S/C32H38FN3O3/c1-3-32(4-2)21-24(23-39-32)22-38-30-15-13-29(14-16-30)36-19-17-35(18-20-36)28-11-5-25(6-12-28)31(37)34-27-9-7-26(33)8-10-27/h5-16,24H,3-4,17-23H2,1-2H3,(H,34,37). The maximum Gasteiger partial charge on any atom is 0.255 e. The Labute approximate surface area is 230 Å². The number of carbonyl (C=O) groups is 1. The molecule has 3 aromatic rings. The summed E-state index contributed by atoms with van der Waals surface area (Å²) in [6, 6.07) is 21.8. The Morgan fingerprint density at radius 2 is 1.46 bits per heavy atom. The summed E-state index contributed by atoms with van der Waals surface area (Å²) in [5.41, 5.74) is 3.49. The Hall–Kier alpha value is -3.58. The van der Waals surface area contributed by atoms with Crippen LogP contribution in [-0.2, 0) is 4.74 Å². The molecular formula is C32H38FN3O3. The van der Waals surface area contributed by atoms with E-state index in [1.54, 1.807) is 12.1 Å². The van der Waals surface area contributed by atoms with E-state index in [0.29, 0.717) is 23.8 Å². The highest BCUT2D eigenvalue weighted by Gasteiger charge is 2.37. The molecular weight excluding hydrogens is 493 g/mol. The lowest BCUT2D eigenvalue weighted by Gasteiger charge is -2.37. The van der Waals surface area contributed by atoms with Gasteiger partial charge in [-0.05, 0) is 92.1 Å². The minimum Gasteiger partial charge on any atom is -0.493 e. The van der Waals surface area contributed by atoms with Gasteiger partial charge in [-0.1, -0.05) is 13.8 Å². The lowest BCUT2D eigenvalue weighted by molar-refractivity contribution is -0.00316. The molecule has 2 aliphatic heterocycles. The summed E-state index contributed by atoms with van der Waals surface area (Å²) in [6.45, 7) is 9.55. The van der Waals surface area contributed by atoms with Crippen LogP contribution >= 0.6 is 0 Å². The largest absolute Gasteiger partial charge is 0.493 e. The first kappa shape index (κ1) is 27.0.